The highest BCUT2D eigenvalue weighted by Gasteiger charge is 2.47. The van der Waals surface area contributed by atoms with Crippen molar-refractivity contribution in [3.63, 3.8) is 0 Å². The second kappa shape index (κ2) is 5.98. The van der Waals surface area contributed by atoms with E-state index in [1.165, 1.54) is 25.6 Å². The van der Waals surface area contributed by atoms with Gasteiger partial charge in [-0.2, -0.15) is 18.3 Å². The number of hydrogen-bond donors (Lipinski definition) is 0. The fraction of sp³-hybridized carbons (Fsp3) is 0.357. The Morgan fingerprint density at radius 1 is 1.35 bits per heavy atom. The first kappa shape index (κ1) is 16.9. The van der Waals surface area contributed by atoms with Crippen molar-refractivity contribution in [1.82, 2.24) is 14.8 Å². The number of esters is 1. The molecule has 0 amide bonds. The summed E-state index contributed by atoms with van der Waals surface area (Å²) in [5, 5.41) is 3.88. The molecule has 0 saturated heterocycles. The molecule has 0 N–H and O–H groups in total. The van der Waals surface area contributed by atoms with Crippen LogP contribution in [0, 0.1) is 19.7 Å². The smallest absolute Gasteiger partial charge is 0.430 e. The predicted octanol–water partition coefficient (Wildman–Crippen LogP) is 3.03. The van der Waals surface area contributed by atoms with Crippen molar-refractivity contribution < 1.29 is 27.1 Å². The summed E-state index contributed by atoms with van der Waals surface area (Å²) < 4.78 is 59.3. The third-order valence-corrected chi connectivity index (χ3v) is 3.34. The van der Waals surface area contributed by atoms with Crippen LogP contribution in [0.4, 0.5) is 17.6 Å². The molecular weight excluding hydrogens is 318 g/mol. The summed E-state index contributed by atoms with van der Waals surface area (Å²) in [6.07, 6.45) is -5.59. The lowest BCUT2D eigenvalue weighted by molar-refractivity contribution is -0.207. The Bertz CT molecular complexity index is 740. The standard InChI is InChI=1S/C14H13F4N3O2/c1-7-11(8(2)21(3)20-7)12(14(16,17)18)23-13(22)9-4-5-19-6-10(9)15/h4-6,12H,1-3H3/t12-/m1/s1. The lowest BCUT2D eigenvalue weighted by atomic mass is 10.1. The molecule has 124 valence electrons. The second-order valence-electron chi connectivity index (χ2n) is 4.89. The van der Waals surface area contributed by atoms with Crippen LogP contribution in [0.25, 0.3) is 0 Å². The molecule has 23 heavy (non-hydrogen) atoms. The van der Waals surface area contributed by atoms with Crippen molar-refractivity contribution in [1.29, 1.82) is 0 Å². The van der Waals surface area contributed by atoms with Gasteiger partial charge in [0.15, 0.2) is 5.82 Å². The van der Waals surface area contributed by atoms with Gasteiger partial charge in [0.1, 0.15) is 0 Å². The number of rotatable bonds is 3. The number of halogens is 4. The first-order valence-electron chi connectivity index (χ1n) is 6.50. The van der Waals surface area contributed by atoms with Crippen LogP contribution in [0.1, 0.15) is 33.4 Å². The molecule has 2 heterocycles. The zero-order valence-corrected chi connectivity index (χ0v) is 12.5. The fourth-order valence-electron chi connectivity index (χ4n) is 2.17. The molecule has 0 bridgehead atoms. The summed E-state index contributed by atoms with van der Waals surface area (Å²) in [4.78, 5) is 15.3. The van der Waals surface area contributed by atoms with Crippen LogP contribution in [-0.4, -0.2) is 26.9 Å². The third-order valence-electron chi connectivity index (χ3n) is 3.34. The summed E-state index contributed by atoms with van der Waals surface area (Å²) in [7, 11) is 1.48. The summed E-state index contributed by atoms with van der Waals surface area (Å²) in [5.41, 5.74) is -0.598. The van der Waals surface area contributed by atoms with Gasteiger partial charge in [-0.05, 0) is 19.9 Å². The van der Waals surface area contributed by atoms with Crippen molar-refractivity contribution in [2.75, 3.05) is 0 Å². The number of nitrogens with zero attached hydrogens (tertiary/aromatic N) is 3. The van der Waals surface area contributed by atoms with E-state index in [1.807, 2.05) is 0 Å². The van der Waals surface area contributed by atoms with E-state index in [4.69, 9.17) is 0 Å². The molecule has 2 rings (SSSR count). The maximum absolute atomic E-state index is 13.5. The van der Waals surface area contributed by atoms with Gasteiger partial charge < -0.3 is 4.74 Å². The van der Waals surface area contributed by atoms with Gasteiger partial charge >= 0.3 is 12.1 Å². The normalized spacial score (nSPS) is 13.0. The SMILES string of the molecule is Cc1nn(C)c(C)c1[C@@H](OC(=O)c1ccncc1F)C(F)(F)F. The Hall–Kier alpha value is -2.45. The molecule has 0 spiro atoms. The topological polar surface area (TPSA) is 57.0 Å². The van der Waals surface area contributed by atoms with E-state index < -0.39 is 29.6 Å². The van der Waals surface area contributed by atoms with Crippen molar-refractivity contribution in [3.8, 4) is 0 Å². The third kappa shape index (κ3) is 3.33. The number of ether oxygens (including phenoxy) is 1. The molecule has 0 aromatic carbocycles. The highest BCUT2D eigenvalue weighted by Crippen LogP contribution is 2.39. The minimum atomic E-state index is -4.86. The van der Waals surface area contributed by atoms with Gasteiger partial charge in [-0.3, -0.25) is 9.67 Å². The van der Waals surface area contributed by atoms with Gasteiger partial charge in [0.05, 0.1) is 17.5 Å². The minimum absolute atomic E-state index is 0.0790. The summed E-state index contributed by atoms with van der Waals surface area (Å²) >= 11 is 0. The molecule has 0 saturated carbocycles. The Morgan fingerprint density at radius 3 is 2.48 bits per heavy atom. The number of carbonyl (C=O) groups excluding carboxylic acids is 1. The van der Waals surface area contributed by atoms with Gasteiger partial charge in [-0.15, -0.1) is 0 Å². The van der Waals surface area contributed by atoms with E-state index in [1.54, 1.807) is 0 Å². The monoisotopic (exact) mass is 331 g/mol. The Balaban J connectivity index is 2.42. The molecule has 9 heteroatoms. The van der Waals surface area contributed by atoms with E-state index in [-0.39, 0.29) is 17.0 Å². The molecule has 0 fully saturated rings. The lowest BCUT2D eigenvalue weighted by Gasteiger charge is -2.21. The molecule has 0 aliphatic rings. The number of carbonyl (C=O) groups is 1. The van der Waals surface area contributed by atoms with Crippen LogP contribution in [0.15, 0.2) is 18.5 Å². The maximum Gasteiger partial charge on any atom is 0.430 e. The van der Waals surface area contributed by atoms with Crippen LogP contribution in [0.5, 0.6) is 0 Å². The predicted molar refractivity (Wildman–Crippen MR) is 71.1 cm³/mol. The Labute approximate surface area is 128 Å². The van der Waals surface area contributed by atoms with E-state index >= 15 is 0 Å². The van der Waals surface area contributed by atoms with Crippen molar-refractivity contribution in [2.24, 2.45) is 7.05 Å². The number of hydrogen-bond acceptors (Lipinski definition) is 4. The van der Waals surface area contributed by atoms with Crippen molar-refractivity contribution >= 4 is 5.97 Å². The highest BCUT2D eigenvalue weighted by molar-refractivity contribution is 5.89. The van der Waals surface area contributed by atoms with Crippen LogP contribution in [0.2, 0.25) is 0 Å². The lowest BCUT2D eigenvalue weighted by Crippen LogP contribution is -2.27. The van der Waals surface area contributed by atoms with Crippen molar-refractivity contribution in [3.05, 3.63) is 46.8 Å². The van der Waals surface area contributed by atoms with Gasteiger partial charge in [-0.1, -0.05) is 0 Å². The number of alkyl halides is 3. The van der Waals surface area contributed by atoms with Gasteiger partial charge in [0.25, 0.3) is 0 Å². The average molecular weight is 331 g/mol. The Kier molecular flexibility index (Phi) is 4.39. The number of aromatic nitrogens is 3. The van der Waals surface area contributed by atoms with E-state index in [2.05, 4.69) is 14.8 Å². The number of pyridine rings is 1. The van der Waals surface area contributed by atoms with Crippen molar-refractivity contribution in [2.45, 2.75) is 26.1 Å². The molecule has 2 aromatic heterocycles. The highest BCUT2D eigenvalue weighted by atomic mass is 19.4. The van der Waals surface area contributed by atoms with Gasteiger partial charge in [0, 0.05) is 24.5 Å². The summed E-state index contributed by atoms with van der Waals surface area (Å²) in [5.74, 6) is -2.48. The summed E-state index contributed by atoms with van der Waals surface area (Å²) in [6.45, 7) is 2.80. The minimum Gasteiger partial charge on any atom is -0.444 e. The first-order chi connectivity index (χ1) is 10.6. The molecule has 2 aromatic rings. The van der Waals surface area contributed by atoms with E-state index in [9.17, 15) is 22.4 Å². The quantitative estimate of drug-likeness (QED) is 0.641. The number of aryl methyl sites for hydroxylation is 2. The molecule has 0 aliphatic heterocycles. The molecule has 5 nitrogen and oxygen atoms in total. The van der Waals surface area contributed by atoms with Crippen LogP contribution in [0.3, 0.4) is 0 Å². The molecule has 0 radical (unpaired) electrons. The molecule has 0 unspecified atom stereocenters. The fourth-order valence-corrected chi connectivity index (χ4v) is 2.17. The first-order valence-corrected chi connectivity index (χ1v) is 6.50. The molecule has 0 aliphatic carbocycles. The van der Waals surface area contributed by atoms with Gasteiger partial charge in [-0.25, -0.2) is 9.18 Å². The van der Waals surface area contributed by atoms with E-state index in [0.29, 0.717) is 0 Å². The second-order valence-corrected chi connectivity index (χ2v) is 4.89. The largest absolute Gasteiger partial charge is 0.444 e. The molecular formula is C14H13F4N3O2. The van der Waals surface area contributed by atoms with Gasteiger partial charge in [0.2, 0.25) is 6.10 Å². The summed E-state index contributed by atoms with van der Waals surface area (Å²) in [6, 6.07) is 0.952. The average Bonchev–Trinajstić information content (AvgIpc) is 2.69. The Morgan fingerprint density at radius 2 is 2.00 bits per heavy atom. The van der Waals surface area contributed by atoms with Crippen LogP contribution >= 0.6 is 0 Å². The maximum atomic E-state index is 13.5. The van der Waals surface area contributed by atoms with Crippen LogP contribution < -0.4 is 0 Å². The molecule has 1 atom stereocenters. The zero-order valence-electron chi connectivity index (χ0n) is 12.5. The van der Waals surface area contributed by atoms with Crippen LogP contribution in [-0.2, 0) is 11.8 Å². The zero-order chi connectivity index (χ0) is 17.4. The van der Waals surface area contributed by atoms with E-state index in [0.717, 1.165) is 18.5 Å².